The number of thiophene rings is 1. The van der Waals surface area contributed by atoms with Crippen LogP contribution in [0.3, 0.4) is 0 Å². The van der Waals surface area contributed by atoms with E-state index in [1.807, 2.05) is 36.4 Å². The lowest BCUT2D eigenvalue weighted by molar-refractivity contribution is 0.102. The zero-order valence-electron chi connectivity index (χ0n) is 15.7. The van der Waals surface area contributed by atoms with Crippen LogP contribution in [0.1, 0.15) is 16.1 Å². The van der Waals surface area contributed by atoms with Gasteiger partial charge in [-0.05, 0) is 60.0 Å². The Morgan fingerprint density at radius 2 is 1.76 bits per heavy atom. The van der Waals surface area contributed by atoms with Crippen molar-refractivity contribution >= 4 is 40.0 Å². The summed E-state index contributed by atoms with van der Waals surface area (Å²) in [5.41, 5.74) is 4.43. The number of hydrogen-bond acceptors (Lipinski definition) is 6. The molecule has 0 atom stereocenters. The molecule has 0 saturated heterocycles. The van der Waals surface area contributed by atoms with E-state index >= 15 is 0 Å². The van der Waals surface area contributed by atoms with Gasteiger partial charge in [0.25, 0.3) is 5.91 Å². The third-order valence-corrected chi connectivity index (χ3v) is 5.91. The monoisotopic (exact) mass is 421 g/mol. The number of methoxy groups -OCH3 is 1. The average Bonchev–Trinajstić information content (AvgIpc) is 3.45. The van der Waals surface area contributed by atoms with Crippen LogP contribution in [-0.4, -0.2) is 18.0 Å². The number of benzene rings is 2. The highest BCUT2D eigenvalue weighted by molar-refractivity contribution is 7.14. The van der Waals surface area contributed by atoms with Crippen LogP contribution in [0.25, 0.3) is 10.6 Å². The first-order chi connectivity index (χ1) is 14.2. The Morgan fingerprint density at radius 3 is 2.45 bits per heavy atom. The summed E-state index contributed by atoms with van der Waals surface area (Å²) in [6.07, 6.45) is 0. The van der Waals surface area contributed by atoms with E-state index in [9.17, 15) is 4.79 Å². The maximum atomic E-state index is 12.4. The molecule has 146 valence electrons. The molecule has 0 radical (unpaired) electrons. The Balaban J connectivity index is 1.33. The van der Waals surface area contributed by atoms with Gasteiger partial charge in [0, 0.05) is 33.3 Å². The zero-order chi connectivity index (χ0) is 20.1. The lowest BCUT2D eigenvalue weighted by Gasteiger charge is -2.08. The van der Waals surface area contributed by atoms with Gasteiger partial charge in [0.15, 0.2) is 0 Å². The topological polar surface area (TPSA) is 63.2 Å². The number of amides is 1. The highest BCUT2D eigenvalue weighted by Gasteiger charge is 2.08. The molecular weight excluding hydrogens is 402 g/mol. The third-order valence-electron chi connectivity index (χ3n) is 4.29. The predicted octanol–water partition coefficient (Wildman–Crippen LogP) is 5.74. The standard InChI is InChI=1S/C22H19N3O2S2/c1-27-20-8-6-18(7-9-20)24-21(26)15-2-4-17(5-3-15)23-12-19-14-29-22(25-19)16-10-11-28-13-16/h2-11,13-14,23H,12H2,1H3,(H,24,26). The van der Waals surface area contributed by atoms with Gasteiger partial charge >= 0.3 is 0 Å². The summed E-state index contributed by atoms with van der Waals surface area (Å²) in [5.74, 6) is 0.600. The van der Waals surface area contributed by atoms with Gasteiger partial charge in [-0.3, -0.25) is 4.79 Å². The second-order valence-corrected chi connectivity index (χ2v) is 7.91. The van der Waals surface area contributed by atoms with Crippen molar-refractivity contribution in [2.24, 2.45) is 0 Å². The summed E-state index contributed by atoms with van der Waals surface area (Å²) in [7, 11) is 1.61. The molecule has 2 aromatic heterocycles. The fourth-order valence-electron chi connectivity index (χ4n) is 2.72. The van der Waals surface area contributed by atoms with Gasteiger partial charge < -0.3 is 15.4 Å². The molecule has 1 amide bonds. The molecule has 2 aromatic carbocycles. The third kappa shape index (κ3) is 4.82. The summed E-state index contributed by atoms with van der Waals surface area (Å²) in [6.45, 7) is 0.637. The van der Waals surface area contributed by atoms with Gasteiger partial charge in [-0.2, -0.15) is 11.3 Å². The number of ether oxygens (including phenoxy) is 1. The molecule has 0 aliphatic heterocycles. The summed E-state index contributed by atoms with van der Waals surface area (Å²) in [4.78, 5) is 17.1. The van der Waals surface area contributed by atoms with Crippen LogP contribution in [0.15, 0.2) is 70.7 Å². The maximum Gasteiger partial charge on any atom is 0.255 e. The summed E-state index contributed by atoms with van der Waals surface area (Å²) >= 11 is 3.32. The molecule has 0 aliphatic rings. The summed E-state index contributed by atoms with van der Waals surface area (Å²) < 4.78 is 5.12. The number of nitrogens with one attached hydrogen (secondary N) is 2. The summed E-state index contributed by atoms with van der Waals surface area (Å²) in [5, 5.41) is 13.5. The highest BCUT2D eigenvalue weighted by Crippen LogP contribution is 2.26. The summed E-state index contributed by atoms with van der Waals surface area (Å²) in [6, 6.07) is 16.7. The molecule has 2 N–H and O–H groups in total. The van der Waals surface area contributed by atoms with Crippen molar-refractivity contribution in [2.75, 3.05) is 17.7 Å². The second-order valence-electron chi connectivity index (χ2n) is 6.27. The molecule has 0 unspecified atom stereocenters. The van der Waals surface area contributed by atoms with Crippen LogP contribution in [0.2, 0.25) is 0 Å². The maximum absolute atomic E-state index is 12.4. The predicted molar refractivity (Wildman–Crippen MR) is 120 cm³/mol. The van der Waals surface area contributed by atoms with E-state index in [1.165, 1.54) is 5.56 Å². The van der Waals surface area contributed by atoms with Crippen molar-refractivity contribution in [3.8, 4) is 16.3 Å². The first-order valence-corrected chi connectivity index (χ1v) is 10.8. The zero-order valence-corrected chi connectivity index (χ0v) is 17.3. The smallest absolute Gasteiger partial charge is 0.255 e. The average molecular weight is 422 g/mol. The van der Waals surface area contributed by atoms with Crippen LogP contribution < -0.4 is 15.4 Å². The number of carbonyl (C=O) groups is 1. The molecule has 0 saturated carbocycles. The van der Waals surface area contributed by atoms with Gasteiger partial charge in [0.2, 0.25) is 0 Å². The van der Waals surface area contributed by atoms with Gasteiger partial charge in [-0.1, -0.05) is 0 Å². The molecule has 0 spiro atoms. The van der Waals surface area contributed by atoms with Gasteiger partial charge in [0.1, 0.15) is 10.8 Å². The molecule has 29 heavy (non-hydrogen) atoms. The van der Waals surface area contributed by atoms with Crippen molar-refractivity contribution in [1.29, 1.82) is 0 Å². The molecule has 2 heterocycles. The number of thiazole rings is 1. The Kier molecular flexibility index (Phi) is 5.88. The molecule has 0 bridgehead atoms. The van der Waals surface area contributed by atoms with Gasteiger partial charge in [-0.25, -0.2) is 4.98 Å². The van der Waals surface area contributed by atoms with E-state index in [2.05, 4.69) is 37.8 Å². The molecule has 4 aromatic rings. The molecule has 5 nitrogen and oxygen atoms in total. The van der Waals surface area contributed by atoms with Crippen molar-refractivity contribution in [3.63, 3.8) is 0 Å². The minimum absolute atomic E-state index is 0.151. The minimum atomic E-state index is -0.151. The van der Waals surface area contributed by atoms with Gasteiger partial charge in [0.05, 0.1) is 19.3 Å². The number of carbonyl (C=O) groups excluding carboxylic acids is 1. The Morgan fingerprint density at radius 1 is 1.00 bits per heavy atom. The minimum Gasteiger partial charge on any atom is -0.497 e. The first kappa shape index (κ1) is 19.2. The largest absolute Gasteiger partial charge is 0.497 e. The fraction of sp³-hybridized carbons (Fsp3) is 0.0909. The molecule has 0 aliphatic carbocycles. The molecular formula is C22H19N3O2S2. The SMILES string of the molecule is COc1ccc(NC(=O)c2ccc(NCc3csc(-c4ccsc4)n3)cc2)cc1. The lowest BCUT2D eigenvalue weighted by atomic mass is 10.2. The second kappa shape index (κ2) is 8.89. The van der Waals surface area contributed by atoms with Crippen LogP contribution in [-0.2, 0) is 6.54 Å². The van der Waals surface area contributed by atoms with E-state index in [-0.39, 0.29) is 5.91 Å². The number of aromatic nitrogens is 1. The van der Waals surface area contributed by atoms with E-state index in [0.717, 1.165) is 27.8 Å². The number of rotatable bonds is 7. The lowest BCUT2D eigenvalue weighted by Crippen LogP contribution is -2.11. The highest BCUT2D eigenvalue weighted by atomic mass is 32.1. The van der Waals surface area contributed by atoms with Crippen LogP contribution in [0.4, 0.5) is 11.4 Å². The first-order valence-electron chi connectivity index (χ1n) is 8.97. The fourth-order valence-corrected chi connectivity index (χ4v) is 4.25. The molecule has 7 heteroatoms. The normalized spacial score (nSPS) is 10.5. The Bertz CT molecular complexity index is 1070. The number of hydrogen-bond donors (Lipinski definition) is 2. The Labute approximate surface area is 177 Å². The van der Waals surface area contributed by atoms with Crippen molar-refractivity contribution in [1.82, 2.24) is 4.98 Å². The van der Waals surface area contributed by atoms with E-state index in [4.69, 9.17) is 4.74 Å². The van der Waals surface area contributed by atoms with Crippen molar-refractivity contribution < 1.29 is 9.53 Å². The quantitative estimate of drug-likeness (QED) is 0.399. The number of anilines is 2. The van der Waals surface area contributed by atoms with E-state index < -0.39 is 0 Å². The van der Waals surface area contributed by atoms with Crippen LogP contribution >= 0.6 is 22.7 Å². The number of nitrogens with zero attached hydrogens (tertiary/aromatic N) is 1. The van der Waals surface area contributed by atoms with Gasteiger partial charge in [-0.15, -0.1) is 11.3 Å². The molecule has 0 fully saturated rings. The van der Waals surface area contributed by atoms with E-state index in [0.29, 0.717) is 12.1 Å². The Hall–Kier alpha value is -3.16. The van der Waals surface area contributed by atoms with Crippen molar-refractivity contribution in [3.05, 3.63) is 82.0 Å². The van der Waals surface area contributed by atoms with Crippen LogP contribution in [0.5, 0.6) is 5.75 Å². The van der Waals surface area contributed by atoms with Crippen LogP contribution in [0, 0.1) is 0 Å². The van der Waals surface area contributed by atoms with E-state index in [1.54, 1.807) is 41.9 Å². The van der Waals surface area contributed by atoms with Crippen molar-refractivity contribution in [2.45, 2.75) is 6.54 Å². The molecule has 4 rings (SSSR count).